The second-order valence-electron chi connectivity index (χ2n) is 3.67. The molecule has 0 aliphatic rings. The van der Waals surface area contributed by atoms with Gasteiger partial charge in [0.05, 0.1) is 6.10 Å². The van der Waals surface area contributed by atoms with Crippen LogP contribution in [0.5, 0.6) is 0 Å². The monoisotopic (exact) mass is 232 g/mol. The third kappa shape index (κ3) is 23.2. The van der Waals surface area contributed by atoms with Crippen LogP contribution in [0.3, 0.4) is 0 Å². The Kier molecular flexibility index (Phi) is 15.5. The van der Waals surface area contributed by atoms with Crippen molar-refractivity contribution in [2.45, 2.75) is 51.6 Å². The van der Waals surface area contributed by atoms with Gasteiger partial charge in [0.15, 0.2) is 0 Å². The quantitative estimate of drug-likeness (QED) is 0.441. The summed E-state index contributed by atoms with van der Waals surface area (Å²) < 4.78 is 0. The zero-order valence-electron chi connectivity index (χ0n) is 10.1. The molecule has 0 saturated carbocycles. The van der Waals surface area contributed by atoms with E-state index in [9.17, 15) is 4.79 Å². The topological polar surface area (TPSA) is 77.8 Å². The van der Waals surface area contributed by atoms with Gasteiger partial charge in [-0.2, -0.15) is 0 Å². The molecule has 0 radical (unpaired) electrons. The molecule has 0 aromatic heterocycles. The van der Waals surface area contributed by atoms with Crippen molar-refractivity contribution in [3.05, 3.63) is 12.7 Å². The van der Waals surface area contributed by atoms with E-state index in [2.05, 4.69) is 6.58 Å². The van der Waals surface area contributed by atoms with Crippen LogP contribution in [-0.2, 0) is 4.79 Å². The van der Waals surface area contributed by atoms with Crippen molar-refractivity contribution in [3.63, 3.8) is 0 Å². The van der Waals surface area contributed by atoms with Crippen molar-refractivity contribution in [1.82, 2.24) is 0 Å². The number of hydrogen-bond donors (Lipinski definition) is 3. The number of carbonyl (C=O) groups is 1. The summed E-state index contributed by atoms with van der Waals surface area (Å²) >= 11 is 0. The molecule has 0 aromatic carbocycles. The van der Waals surface area contributed by atoms with Gasteiger partial charge in [0.2, 0.25) is 0 Å². The van der Waals surface area contributed by atoms with Crippen LogP contribution >= 0.6 is 0 Å². The summed E-state index contributed by atoms with van der Waals surface area (Å²) in [5, 5.41) is 25.0. The van der Waals surface area contributed by atoms with E-state index in [-0.39, 0.29) is 6.10 Å². The van der Waals surface area contributed by atoms with E-state index in [4.69, 9.17) is 15.3 Å². The number of hydrogen-bond acceptors (Lipinski definition) is 3. The first kappa shape index (κ1) is 17.5. The minimum Gasteiger partial charge on any atom is -0.478 e. The minimum absolute atomic E-state index is 0.146. The van der Waals surface area contributed by atoms with Gasteiger partial charge in [0.1, 0.15) is 0 Å². The molecule has 3 N–H and O–H groups in total. The summed E-state index contributed by atoms with van der Waals surface area (Å²) in [6.45, 7) is 5.10. The minimum atomic E-state index is -0.981. The second-order valence-corrected chi connectivity index (χ2v) is 3.67. The van der Waals surface area contributed by atoms with Gasteiger partial charge in [-0.15, -0.1) is 0 Å². The normalized spacial score (nSPS) is 11.2. The van der Waals surface area contributed by atoms with Crippen LogP contribution in [0.1, 0.15) is 45.4 Å². The maximum absolute atomic E-state index is 9.25. The Morgan fingerprint density at radius 3 is 2.06 bits per heavy atom. The first-order valence-corrected chi connectivity index (χ1v) is 5.68. The highest BCUT2D eigenvalue weighted by atomic mass is 16.4. The van der Waals surface area contributed by atoms with Gasteiger partial charge < -0.3 is 15.3 Å². The lowest BCUT2D eigenvalue weighted by molar-refractivity contribution is -0.131. The van der Waals surface area contributed by atoms with Gasteiger partial charge in [0, 0.05) is 12.7 Å². The van der Waals surface area contributed by atoms with E-state index < -0.39 is 5.97 Å². The number of carboxylic acids is 1. The number of carboxylic acid groups (broad SMARTS) is 1. The largest absolute Gasteiger partial charge is 0.478 e. The first-order valence-electron chi connectivity index (χ1n) is 5.68. The lowest BCUT2D eigenvalue weighted by Crippen LogP contribution is -1.98. The Labute approximate surface area is 97.6 Å². The van der Waals surface area contributed by atoms with Crippen LogP contribution in [-0.4, -0.2) is 34.0 Å². The molecule has 0 bridgehead atoms. The van der Waals surface area contributed by atoms with Gasteiger partial charge in [-0.3, -0.25) is 0 Å². The number of aliphatic hydroxyl groups excluding tert-OH is 2. The molecule has 16 heavy (non-hydrogen) atoms. The summed E-state index contributed by atoms with van der Waals surface area (Å²) in [5.41, 5.74) is 0. The highest BCUT2D eigenvalue weighted by Crippen LogP contribution is 2.06. The molecule has 96 valence electrons. The average molecular weight is 232 g/mol. The van der Waals surface area contributed by atoms with E-state index >= 15 is 0 Å². The first-order chi connectivity index (χ1) is 7.54. The lowest BCUT2D eigenvalue weighted by Gasteiger charge is -2.02. The standard InChI is InChI=1S/C9H20O2.C3H4O2/c1-9(11)7-5-3-2-4-6-8-10;1-2-3(4)5/h9-11H,2-8H2,1H3;2H,1H2,(H,4,5). The fourth-order valence-electron chi connectivity index (χ4n) is 1.08. The van der Waals surface area contributed by atoms with E-state index in [1.807, 2.05) is 6.92 Å². The molecule has 0 aliphatic heterocycles. The summed E-state index contributed by atoms with van der Waals surface area (Å²) in [7, 11) is 0. The molecule has 0 spiro atoms. The molecule has 4 heteroatoms. The molecule has 1 unspecified atom stereocenters. The Balaban J connectivity index is 0. The summed E-state index contributed by atoms with van der Waals surface area (Å²) in [6.07, 6.45) is 7.14. The number of aliphatic carboxylic acids is 1. The van der Waals surface area contributed by atoms with Gasteiger partial charge in [-0.25, -0.2) is 4.79 Å². The molecule has 0 rings (SSSR count). The highest BCUT2D eigenvalue weighted by Gasteiger charge is 1.94. The predicted molar refractivity (Wildman–Crippen MR) is 64.3 cm³/mol. The number of rotatable bonds is 8. The van der Waals surface area contributed by atoms with Crippen molar-refractivity contribution in [3.8, 4) is 0 Å². The second kappa shape index (κ2) is 14.1. The van der Waals surface area contributed by atoms with Crippen molar-refractivity contribution in [2.24, 2.45) is 0 Å². The van der Waals surface area contributed by atoms with Crippen LogP contribution in [0, 0.1) is 0 Å². The SMILES string of the molecule is C=CC(=O)O.CC(O)CCCCCCCO. The predicted octanol–water partition coefficient (Wildman–Crippen LogP) is 1.96. The Morgan fingerprint density at radius 2 is 1.69 bits per heavy atom. The van der Waals surface area contributed by atoms with Gasteiger partial charge in [0.25, 0.3) is 0 Å². The fraction of sp³-hybridized carbons (Fsp3) is 0.750. The Morgan fingerprint density at radius 1 is 1.25 bits per heavy atom. The fourth-order valence-corrected chi connectivity index (χ4v) is 1.08. The average Bonchev–Trinajstić information content (AvgIpc) is 2.23. The molecule has 0 heterocycles. The van der Waals surface area contributed by atoms with Crippen LogP contribution in [0.4, 0.5) is 0 Å². The van der Waals surface area contributed by atoms with Crippen molar-refractivity contribution in [2.75, 3.05) is 6.61 Å². The van der Waals surface area contributed by atoms with Crippen molar-refractivity contribution in [1.29, 1.82) is 0 Å². The molecule has 0 aromatic rings. The van der Waals surface area contributed by atoms with Crippen LogP contribution in [0.25, 0.3) is 0 Å². The van der Waals surface area contributed by atoms with Gasteiger partial charge >= 0.3 is 5.97 Å². The maximum atomic E-state index is 9.25. The summed E-state index contributed by atoms with van der Waals surface area (Å²) in [6, 6.07) is 0. The zero-order chi connectivity index (χ0) is 12.8. The number of unbranched alkanes of at least 4 members (excludes halogenated alkanes) is 4. The van der Waals surface area contributed by atoms with Gasteiger partial charge in [-0.05, 0) is 19.8 Å². The highest BCUT2D eigenvalue weighted by molar-refractivity contribution is 5.78. The smallest absolute Gasteiger partial charge is 0.327 e. The molecule has 0 fully saturated rings. The van der Waals surface area contributed by atoms with Crippen LogP contribution < -0.4 is 0 Å². The Bertz CT molecular complexity index is 166. The van der Waals surface area contributed by atoms with E-state index in [0.29, 0.717) is 6.61 Å². The van der Waals surface area contributed by atoms with E-state index in [1.54, 1.807) is 0 Å². The molecular weight excluding hydrogens is 208 g/mol. The zero-order valence-corrected chi connectivity index (χ0v) is 10.1. The van der Waals surface area contributed by atoms with Crippen molar-refractivity contribution < 1.29 is 20.1 Å². The van der Waals surface area contributed by atoms with E-state index in [0.717, 1.165) is 31.8 Å². The van der Waals surface area contributed by atoms with Gasteiger partial charge in [-0.1, -0.05) is 32.3 Å². The van der Waals surface area contributed by atoms with Crippen LogP contribution in [0.2, 0.25) is 0 Å². The van der Waals surface area contributed by atoms with Crippen LogP contribution in [0.15, 0.2) is 12.7 Å². The van der Waals surface area contributed by atoms with Crippen molar-refractivity contribution >= 4 is 5.97 Å². The molecule has 0 amide bonds. The third-order valence-corrected chi connectivity index (χ3v) is 1.95. The third-order valence-electron chi connectivity index (χ3n) is 1.95. The molecule has 1 atom stereocenters. The molecule has 0 aliphatic carbocycles. The number of aliphatic hydroxyl groups is 2. The maximum Gasteiger partial charge on any atom is 0.327 e. The Hall–Kier alpha value is -0.870. The summed E-state index contributed by atoms with van der Waals surface area (Å²) in [5.74, 6) is -0.981. The molecular formula is C12H24O4. The molecule has 4 nitrogen and oxygen atoms in total. The van der Waals surface area contributed by atoms with E-state index in [1.165, 1.54) is 12.8 Å². The molecule has 0 saturated heterocycles. The lowest BCUT2D eigenvalue weighted by atomic mass is 10.1. The summed E-state index contributed by atoms with van der Waals surface area (Å²) in [4.78, 5) is 9.25.